The van der Waals surface area contributed by atoms with Crippen molar-refractivity contribution in [2.45, 2.75) is 44.2 Å². The zero-order chi connectivity index (χ0) is 24.3. The Morgan fingerprint density at radius 2 is 1.91 bits per heavy atom. The first-order chi connectivity index (χ1) is 16.3. The Balaban J connectivity index is 1.68. The van der Waals surface area contributed by atoms with Crippen LogP contribution in [0, 0.1) is 6.92 Å². The van der Waals surface area contributed by atoms with Gasteiger partial charge in [-0.1, -0.05) is 30.3 Å². The van der Waals surface area contributed by atoms with Crippen LogP contribution in [-0.4, -0.2) is 31.1 Å². The van der Waals surface area contributed by atoms with E-state index in [-0.39, 0.29) is 41.9 Å². The van der Waals surface area contributed by atoms with Gasteiger partial charge in [0.25, 0.3) is 0 Å². The molecule has 0 fully saturated rings. The molecule has 9 heteroatoms. The molecule has 178 valence electrons. The van der Waals surface area contributed by atoms with Crippen LogP contribution in [0.3, 0.4) is 0 Å². The predicted octanol–water partition coefficient (Wildman–Crippen LogP) is 3.54. The van der Waals surface area contributed by atoms with Gasteiger partial charge in [-0.15, -0.1) is 0 Å². The van der Waals surface area contributed by atoms with E-state index in [9.17, 15) is 18.0 Å². The summed E-state index contributed by atoms with van der Waals surface area (Å²) in [6, 6.07) is 15.3. The highest BCUT2D eigenvalue weighted by Gasteiger charge is 2.38. The number of sulfonamides is 1. The lowest BCUT2D eigenvalue weighted by molar-refractivity contribution is -0.122. The van der Waals surface area contributed by atoms with Crippen LogP contribution in [-0.2, 0) is 32.6 Å². The fraction of sp³-hybridized carbons (Fsp3) is 0.280. The Hall–Kier alpha value is -3.43. The van der Waals surface area contributed by atoms with Crippen molar-refractivity contribution in [2.24, 2.45) is 0 Å². The maximum atomic E-state index is 13.9. The van der Waals surface area contributed by atoms with Crippen LogP contribution in [0.25, 0.3) is 0 Å². The number of carbonyl (C=O) groups excluding carboxylic acids is 2. The molecule has 0 bridgehead atoms. The maximum absolute atomic E-state index is 13.9. The van der Waals surface area contributed by atoms with Crippen molar-refractivity contribution in [3.05, 3.63) is 83.3 Å². The highest BCUT2D eigenvalue weighted by atomic mass is 32.2. The average Bonchev–Trinajstić information content (AvgIpc) is 3.32. The van der Waals surface area contributed by atoms with Crippen LogP contribution in [0.15, 0.2) is 70.2 Å². The number of carbonyl (C=O) groups is 2. The minimum Gasteiger partial charge on any atom is -0.467 e. The van der Waals surface area contributed by atoms with Gasteiger partial charge in [0.1, 0.15) is 10.7 Å². The van der Waals surface area contributed by atoms with E-state index in [4.69, 9.17) is 4.42 Å². The molecule has 2 amide bonds. The first kappa shape index (κ1) is 23.7. The second kappa shape index (κ2) is 9.82. The van der Waals surface area contributed by atoms with E-state index in [2.05, 4.69) is 10.6 Å². The molecule has 3 aromatic rings. The molecule has 1 atom stereocenters. The molecule has 1 aliphatic heterocycles. The minimum atomic E-state index is -4.04. The molecule has 0 spiro atoms. The van der Waals surface area contributed by atoms with Crippen molar-refractivity contribution in [3.8, 4) is 0 Å². The van der Waals surface area contributed by atoms with Crippen LogP contribution >= 0.6 is 0 Å². The number of hydrogen-bond donors (Lipinski definition) is 2. The Kier molecular flexibility index (Phi) is 6.85. The molecule has 2 aromatic carbocycles. The van der Waals surface area contributed by atoms with Crippen molar-refractivity contribution in [1.29, 1.82) is 0 Å². The van der Waals surface area contributed by atoms with Gasteiger partial charge in [-0.25, -0.2) is 8.42 Å². The smallest absolute Gasteiger partial charge is 0.245 e. The number of nitrogens with one attached hydrogen (secondary N) is 2. The third kappa shape index (κ3) is 5.05. The SMILES string of the molecule is CC(=O)Nc1ccc(C)cc1S(=O)(=O)N1CCc2ccccc2[C@@H]1CC(=O)NCc1ccco1. The Morgan fingerprint density at radius 3 is 2.65 bits per heavy atom. The number of amides is 2. The van der Waals surface area contributed by atoms with Crippen LogP contribution in [0.2, 0.25) is 0 Å². The van der Waals surface area contributed by atoms with E-state index >= 15 is 0 Å². The van der Waals surface area contributed by atoms with Gasteiger partial charge in [0, 0.05) is 19.9 Å². The molecule has 2 N–H and O–H groups in total. The molecular weight excluding hydrogens is 454 g/mol. The highest BCUT2D eigenvalue weighted by Crippen LogP contribution is 2.38. The second-order valence-electron chi connectivity index (χ2n) is 8.32. The lowest BCUT2D eigenvalue weighted by atomic mass is 9.92. The fourth-order valence-electron chi connectivity index (χ4n) is 4.24. The van der Waals surface area contributed by atoms with Crippen molar-refractivity contribution < 1.29 is 22.4 Å². The summed E-state index contributed by atoms with van der Waals surface area (Å²) in [5, 5.41) is 5.43. The number of hydrogen-bond acceptors (Lipinski definition) is 5. The molecule has 1 aliphatic rings. The fourth-order valence-corrected chi connectivity index (χ4v) is 6.08. The molecule has 0 aliphatic carbocycles. The summed E-state index contributed by atoms with van der Waals surface area (Å²) in [4.78, 5) is 24.6. The molecule has 1 aromatic heterocycles. The van der Waals surface area contributed by atoms with E-state index in [1.165, 1.54) is 17.5 Å². The van der Waals surface area contributed by atoms with E-state index < -0.39 is 16.1 Å². The molecule has 8 nitrogen and oxygen atoms in total. The predicted molar refractivity (Wildman–Crippen MR) is 127 cm³/mol. The molecule has 0 saturated heterocycles. The normalized spacial score (nSPS) is 16.0. The monoisotopic (exact) mass is 481 g/mol. The number of aryl methyl sites for hydroxylation is 1. The molecule has 0 saturated carbocycles. The second-order valence-corrected chi connectivity index (χ2v) is 10.2. The van der Waals surface area contributed by atoms with E-state index in [1.807, 2.05) is 24.3 Å². The standard InChI is InChI=1S/C25H27N3O5S/c1-17-9-10-22(27-18(2)29)24(14-17)34(31,32)28-12-11-19-6-3-4-8-21(19)23(28)15-25(30)26-16-20-7-5-13-33-20/h3-10,13-14,23H,11-12,15-16H2,1-2H3,(H,26,30)(H,27,29)/t23-/m0/s1. The Morgan fingerprint density at radius 1 is 1.12 bits per heavy atom. The Labute approximate surface area is 199 Å². The summed E-state index contributed by atoms with van der Waals surface area (Å²) in [5.74, 6) is -0.0376. The number of furan rings is 1. The number of nitrogens with zero attached hydrogens (tertiary/aromatic N) is 1. The summed E-state index contributed by atoms with van der Waals surface area (Å²) >= 11 is 0. The molecule has 2 heterocycles. The van der Waals surface area contributed by atoms with Crippen molar-refractivity contribution in [1.82, 2.24) is 9.62 Å². The lowest BCUT2D eigenvalue weighted by Crippen LogP contribution is -2.42. The van der Waals surface area contributed by atoms with Gasteiger partial charge < -0.3 is 15.1 Å². The molecule has 0 radical (unpaired) electrons. The number of anilines is 1. The molecule has 4 rings (SSSR count). The van der Waals surface area contributed by atoms with E-state index in [1.54, 1.807) is 37.3 Å². The summed E-state index contributed by atoms with van der Waals surface area (Å²) in [7, 11) is -4.04. The van der Waals surface area contributed by atoms with Gasteiger partial charge in [-0.05, 0) is 54.3 Å². The van der Waals surface area contributed by atoms with Crippen LogP contribution in [0.5, 0.6) is 0 Å². The molecule has 0 unspecified atom stereocenters. The minimum absolute atomic E-state index is 0.0167. The summed E-state index contributed by atoms with van der Waals surface area (Å²) in [6.45, 7) is 3.57. The third-order valence-electron chi connectivity index (χ3n) is 5.82. The average molecular weight is 482 g/mol. The van der Waals surface area contributed by atoms with Gasteiger partial charge in [0.05, 0.1) is 24.5 Å². The van der Waals surface area contributed by atoms with Crippen molar-refractivity contribution >= 4 is 27.5 Å². The van der Waals surface area contributed by atoms with Crippen LogP contribution in [0.1, 0.15) is 41.8 Å². The van der Waals surface area contributed by atoms with Crippen molar-refractivity contribution in [2.75, 3.05) is 11.9 Å². The Bertz CT molecular complexity index is 1300. The van der Waals surface area contributed by atoms with Gasteiger partial charge in [-0.3, -0.25) is 9.59 Å². The van der Waals surface area contributed by atoms with Gasteiger partial charge in [0.15, 0.2) is 0 Å². The van der Waals surface area contributed by atoms with Gasteiger partial charge >= 0.3 is 0 Å². The zero-order valence-electron chi connectivity index (χ0n) is 19.1. The number of benzene rings is 2. The van der Waals surface area contributed by atoms with Gasteiger partial charge in [0.2, 0.25) is 21.8 Å². The quantitative estimate of drug-likeness (QED) is 0.537. The van der Waals surface area contributed by atoms with Gasteiger partial charge in [-0.2, -0.15) is 4.31 Å². The number of fused-ring (bicyclic) bond motifs is 1. The van der Waals surface area contributed by atoms with Crippen LogP contribution in [0.4, 0.5) is 5.69 Å². The van der Waals surface area contributed by atoms with E-state index in [0.29, 0.717) is 12.2 Å². The molecule has 34 heavy (non-hydrogen) atoms. The van der Waals surface area contributed by atoms with E-state index in [0.717, 1.165) is 16.7 Å². The maximum Gasteiger partial charge on any atom is 0.245 e. The lowest BCUT2D eigenvalue weighted by Gasteiger charge is -2.36. The summed E-state index contributed by atoms with van der Waals surface area (Å²) < 4.78 is 34.5. The summed E-state index contributed by atoms with van der Waals surface area (Å²) in [5.41, 5.74) is 2.79. The first-order valence-electron chi connectivity index (χ1n) is 11.0. The highest BCUT2D eigenvalue weighted by molar-refractivity contribution is 7.89. The number of rotatable bonds is 7. The van der Waals surface area contributed by atoms with Crippen LogP contribution < -0.4 is 10.6 Å². The van der Waals surface area contributed by atoms with Crippen molar-refractivity contribution in [3.63, 3.8) is 0 Å². The topological polar surface area (TPSA) is 109 Å². The largest absolute Gasteiger partial charge is 0.467 e. The molecular formula is C25H27N3O5S. The summed E-state index contributed by atoms with van der Waals surface area (Å²) in [6.07, 6.45) is 2.02. The zero-order valence-corrected chi connectivity index (χ0v) is 19.9. The third-order valence-corrected chi connectivity index (χ3v) is 7.76. The first-order valence-corrected chi connectivity index (χ1v) is 12.5.